The summed E-state index contributed by atoms with van der Waals surface area (Å²) in [6.45, 7) is 3.52. The Morgan fingerprint density at radius 1 is 1.14 bits per heavy atom. The number of hydrogen-bond donors (Lipinski definition) is 2. The Kier molecular flexibility index (Phi) is 5.99. The lowest BCUT2D eigenvalue weighted by Gasteiger charge is -2.17. The fourth-order valence-corrected chi connectivity index (χ4v) is 4.38. The van der Waals surface area contributed by atoms with Crippen LogP contribution in [-0.2, 0) is 19.6 Å². The van der Waals surface area contributed by atoms with Crippen molar-refractivity contribution in [2.45, 2.75) is 31.2 Å². The van der Waals surface area contributed by atoms with E-state index in [1.165, 1.54) is 47.4 Å². The zero-order chi connectivity index (χ0) is 21.2. The van der Waals surface area contributed by atoms with E-state index < -0.39 is 21.8 Å². The standard InChI is InChI=1S/C20H22FN3O4S/c1-13(2)23-29(27,28)16-9-7-15(8-10-16)22-20(26)14-11-19(25)24(12-14)18-6-4-3-5-17(18)21/h3-10,13-14,23H,11-12H2,1-2H3,(H,22,26)/t14-/m1/s1. The predicted octanol–water partition coefficient (Wildman–Crippen LogP) is 2.50. The van der Waals surface area contributed by atoms with E-state index in [-0.39, 0.29) is 41.4 Å². The molecule has 1 aliphatic rings. The minimum atomic E-state index is -3.62. The third kappa shape index (κ3) is 4.80. The maximum absolute atomic E-state index is 14.0. The number of rotatable bonds is 6. The molecule has 7 nitrogen and oxygen atoms in total. The second kappa shape index (κ2) is 8.30. The summed E-state index contributed by atoms with van der Waals surface area (Å²) < 4.78 is 40.7. The smallest absolute Gasteiger partial charge is 0.240 e. The van der Waals surface area contributed by atoms with Gasteiger partial charge in [-0.2, -0.15) is 0 Å². The van der Waals surface area contributed by atoms with Crippen LogP contribution in [0.3, 0.4) is 0 Å². The van der Waals surface area contributed by atoms with Gasteiger partial charge in [-0.05, 0) is 50.2 Å². The van der Waals surface area contributed by atoms with Gasteiger partial charge in [0.05, 0.1) is 16.5 Å². The highest BCUT2D eigenvalue weighted by Gasteiger charge is 2.36. The first-order valence-electron chi connectivity index (χ1n) is 9.15. The monoisotopic (exact) mass is 419 g/mol. The van der Waals surface area contributed by atoms with Crippen molar-refractivity contribution in [1.82, 2.24) is 4.72 Å². The summed E-state index contributed by atoms with van der Waals surface area (Å²) in [5, 5.41) is 2.68. The molecular formula is C20H22FN3O4S. The summed E-state index contributed by atoms with van der Waals surface area (Å²) in [4.78, 5) is 26.1. The van der Waals surface area contributed by atoms with Gasteiger partial charge in [-0.3, -0.25) is 9.59 Å². The Bertz CT molecular complexity index is 1020. The lowest BCUT2D eigenvalue weighted by Crippen LogP contribution is -2.30. The first-order chi connectivity index (χ1) is 13.7. The van der Waals surface area contributed by atoms with Crippen LogP contribution in [0.25, 0.3) is 0 Å². The average molecular weight is 419 g/mol. The molecule has 29 heavy (non-hydrogen) atoms. The Morgan fingerprint density at radius 3 is 2.41 bits per heavy atom. The van der Waals surface area contributed by atoms with Crippen molar-refractivity contribution in [3.05, 3.63) is 54.3 Å². The highest BCUT2D eigenvalue weighted by atomic mass is 32.2. The third-order valence-electron chi connectivity index (χ3n) is 4.46. The van der Waals surface area contributed by atoms with Crippen LogP contribution in [0.5, 0.6) is 0 Å². The molecule has 1 atom stereocenters. The topological polar surface area (TPSA) is 95.6 Å². The summed E-state index contributed by atoms with van der Waals surface area (Å²) in [5.41, 5.74) is 0.565. The predicted molar refractivity (Wildman–Crippen MR) is 107 cm³/mol. The van der Waals surface area contributed by atoms with Crippen molar-refractivity contribution in [3.8, 4) is 0 Å². The van der Waals surface area contributed by atoms with Crippen LogP contribution in [0.15, 0.2) is 53.4 Å². The molecule has 0 aromatic heterocycles. The highest BCUT2D eigenvalue weighted by molar-refractivity contribution is 7.89. The maximum atomic E-state index is 14.0. The second-order valence-corrected chi connectivity index (χ2v) is 8.86. The molecule has 2 aromatic rings. The van der Waals surface area contributed by atoms with Gasteiger partial charge in [0, 0.05) is 24.7 Å². The van der Waals surface area contributed by atoms with E-state index in [0.29, 0.717) is 5.69 Å². The number of halogens is 1. The summed E-state index contributed by atoms with van der Waals surface area (Å²) >= 11 is 0. The van der Waals surface area contributed by atoms with Crippen LogP contribution in [0, 0.1) is 11.7 Å². The minimum Gasteiger partial charge on any atom is -0.326 e. The molecule has 1 saturated heterocycles. The van der Waals surface area contributed by atoms with Gasteiger partial charge in [-0.15, -0.1) is 0 Å². The van der Waals surface area contributed by atoms with E-state index in [2.05, 4.69) is 10.0 Å². The van der Waals surface area contributed by atoms with Crippen LogP contribution in [0.1, 0.15) is 20.3 Å². The lowest BCUT2D eigenvalue weighted by atomic mass is 10.1. The van der Waals surface area contributed by atoms with Gasteiger partial charge in [-0.25, -0.2) is 17.5 Å². The van der Waals surface area contributed by atoms with E-state index in [1.807, 2.05) is 0 Å². The molecule has 2 amide bonds. The van der Waals surface area contributed by atoms with Crippen molar-refractivity contribution in [2.24, 2.45) is 5.92 Å². The number of carbonyl (C=O) groups is 2. The number of carbonyl (C=O) groups excluding carboxylic acids is 2. The molecular weight excluding hydrogens is 397 g/mol. The van der Waals surface area contributed by atoms with Crippen molar-refractivity contribution in [1.29, 1.82) is 0 Å². The number of amides is 2. The average Bonchev–Trinajstić information content (AvgIpc) is 3.03. The normalized spacial score (nSPS) is 17.0. The minimum absolute atomic E-state index is 0.0229. The van der Waals surface area contributed by atoms with Gasteiger partial charge in [0.25, 0.3) is 0 Å². The molecule has 0 unspecified atom stereocenters. The largest absolute Gasteiger partial charge is 0.326 e. The number of nitrogens with zero attached hydrogens (tertiary/aromatic N) is 1. The van der Waals surface area contributed by atoms with Crippen LogP contribution in [-0.4, -0.2) is 32.8 Å². The molecule has 3 rings (SSSR count). The highest BCUT2D eigenvalue weighted by Crippen LogP contribution is 2.28. The first kappa shape index (κ1) is 20.9. The molecule has 0 radical (unpaired) electrons. The summed E-state index contributed by atoms with van der Waals surface area (Å²) in [5.74, 6) is -1.86. The molecule has 0 saturated carbocycles. The summed E-state index contributed by atoms with van der Waals surface area (Å²) in [7, 11) is -3.62. The Balaban J connectivity index is 1.67. The van der Waals surface area contributed by atoms with Gasteiger partial charge >= 0.3 is 0 Å². The van der Waals surface area contributed by atoms with Crippen LogP contribution in [0.2, 0.25) is 0 Å². The zero-order valence-corrected chi connectivity index (χ0v) is 16.9. The van der Waals surface area contributed by atoms with Crippen molar-refractivity contribution < 1.29 is 22.4 Å². The van der Waals surface area contributed by atoms with Gasteiger partial charge in [0.15, 0.2) is 0 Å². The molecule has 0 spiro atoms. The quantitative estimate of drug-likeness (QED) is 0.752. The van der Waals surface area contributed by atoms with Crippen LogP contribution < -0.4 is 14.9 Å². The fraction of sp³-hybridized carbons (Fsp3) is 0.300. The Morgan fingerprint density at radius 2 is 1.79 bits per heavy atom. The number of nitrogens with one attached hydrogen (secondary N) is 2. The summed E-state index contributed by atoms with van der Waals surface area (Å²) in [6, 6.07) is 11.4. The maximum Gasteiger partial charge on any atom is 0.240 e. The molecule has 1 aliphatic heterocycles. The fourth-order valence-electron chi connectivity index (χ4n) is 3.13. The van der Waals surface area contributed by atoms with E-state index in [4.69, 9.17) is 0 Å². The van der Waals surface area contributed by atoms with E-state index in [1.54, 1.807) is 19.9 Å². The molecule has 2 aromatic carbocycles. The molecule has 9 heteroatoms. The van der Waals surface area contributed by atoms with Crippen LogP contribution in [0.4, 0.5) is 15.8 Å². The molecule has 0 aliphatic carbocycles. The zero-order valence-electron chi connectivity index (χ0n) is 16.1. The van der Waals surface area contributed by atoms with E-state index in [9.17, 15) is 22.4 Å². The first-order valence-corrected chi connectivity index (χ1v) is 10.6. The van der Waals surface area contributed by atoms with Gasteiger partial charge in [0.1, 0.15) is 5.82 Å². The van der Waals surface area contributed by atoms with Crippen molar-refractivity contribution in [2.75, 3.05) is 16.8 Å². The number of para-hydroxylation sites is 1. The van der Waals surface area contributed by atoms with Gasteiger partial charge < -0.3 is 10.2 Å². The second-order valence-electron chi connectivity index (χ2n) is 7.15. The Hall–Kier alpha value is -2.78. The number of anilines is 2. The molecule has 154 valence electrons. The molecule has 2 N–H and O–H groups in total. The van der Waals surface area contributed by atoms with E-state index >= 15 is 0 Å². The van der Waals surface area contributed by atoms with Gasteiger partial charge in [-0.1, -0.05) is 12.1 Å². The summed E-state index contributed by atoms with van der Waals surface area (Å²) in [6.07, 6.45) is -0.0229. The number of benzene rings is 2. The number of hydrogen-bond acceptors (Lipinski definition) is 4. The van der Waals surface area contributed by atoms with E-state index in [0.717, 1.165) is 0 Å². The van der Waals surface area contributed by atoms with Crippen molar-refractivity contribution >= 4 is 33.2 Å². The van der Waals surface area contributed by atoms with Gasteiger partial charge in [0.2, 0.25) is 21.8 Å². The van der Waals surface area contributed by atoms with Crippen molar-refractivity contribution in [3.63, 3.8) is 0 Å². The molecule has 0 bridgehead atoms. The lowest BCUT2D eigenvalue weighted by molar-refractivity contribution is -0.122. The SMILES string of the molecule is CC(C)NS(=O)(=O)c1ccc(NC(=O)[C@@H]2CC(=O)N(c3ccccc3F)C2)cc1. The third-order valence-corrected chi connectivity index (χ3v) is 6.14. The molecule has 1 heterocycles. The molecule has 1 fully saturated rings. The Labute approximate surface area is 169 Å². The van der Waals surface area contributed by atoms with Crippen LogP contribution >= 0.6 is 0 Å². The number of sulfonamides is 1.